The summed E-state index contributed by atoms with van der Waals surface area (Å²) in [5.41, 5.74) is 20.5. The Kier molecular flexibility index (Phi) is 12.5. The highest BCUT2D eigenvalue weighted by molar-refractivity contribution is 7.26. The molecule has 13 aromatic carbocycles. The summed E-state index contributed by atoms with van der Waals surface area (Å²) in [5, 5.41) is 4.95. The van der Waals surface area contributed by atoms with E-state index in [2.05, 4.69) is 325 Å². The standard InChI is InChI=1S/C76H52N2S/c1-3-18-53(19-4-1)56-36-38-58(39-37-56)59-46-48-65(49-47-59)77(66-26-15-24-62(51-66)63-45-42-55-22-7-8-23-61(55)50-63)67-27-16-25-64(52-67)69-29-10-13-32-72(69)78(73-33-17-35-75-76(73)70-30-11-14-34-74(70)79-75)71-31-12-9-28-68(71)60-43-40-57(41-44-60)54-20-5-2-6-21-54/h1-52H. The number of hydrogen-bond donors (Lipinski definition) is 0. The van der Waals surface area contributed by atoms with E-state index in [0.29, 0.717) is 0 Å². The largest absolute Gasteiger partial charge is 0.310 e. The van der Waals surface area contributed by atoms with Gasteiger partial charge in [-0.1, -0.05) is 243 Å². The van der Waals surface area contributed by atoms with Crippen molar-refractivity contribution in [3.05, 3.63) is 315 Å². The molecule has 372 valence electrons. The number of thiophene rings is 1. The molecule has 0 saturated heterocycles. The highest BCUT2D eigenvalue weighted by atomic mass is 32.1. The number of para-hydroxylation sites is 2. The van der Waals surface area contributed by atoms with E-state index < -0.39 is 0 Å². The molecule has 0 bridgehead atoms. The number of nitrogens with zero attached hydrogens (tertiary/aromatic N) is 2. The van der Waals surface area contributed by atoms with E-state index >= 15 is 0 Å². The quantitative estimate of drug-likeness (QED) is 0.120. The highest BCUT2D eigenvalue weighted by Gasteiger charge is 2.24. The first-order valence-electron chi connectivity index (χ1n) is 27.0. The van der Waals surface area contributed by atoms with E-state index in [1.165, 1.54) is 64.3 Å². The molecule has 0 fully saturated rings. The van der Waals surface area contributed by atoms with Gasteiger partial charge in [-0.15, -0.1) is 11.3 Å². The molecule has 0 saturated carbocycles. The number of rotatable bonds is 12. The van der Waals surface area contributed by atoms with Crippen LogP contribution in [0.15, 0.2) is 315 Å². The van der Waals surface area contributed by atoms with E-state index in [1.807, 2.05) is 11.3 Å². The summed E-state index contributed by atoms with van der Waals surface area (Å²) in [4.78, 5) is 4.92. The Bertz CT molecular complexity index is 4470. The predicted molar refractivity (Wildman–Crippen MR) is 339 cm³/mol. The van der Waals surface area contributed by atoms with Gasteiger partial charge in [0, 0.05) is 48.4 Å². The van der Waals surface area contributed by atoms with E-state index in [0.717, 1.165) is 67.5 Å². The summed E-state index contributed by atoms with van der Waals surface area (Å²) < 4.78 is 2.53. The molecule has 2 nitrogen and oxygen atoms in total. The van der Waals surface area contributed by atoms with Gasteiger partial charge < -0.3 is 9.80 Å². The fourth-order valence-electron chi connectivity index (χ4n) is 11.4. The normalized spacial score (nSPS) is 11.3. The van der Waals surface area contributed by atoms with Gasteiger partial charge in [0.2, 0.25) is 0 Å². The summed E-state index contributed by atoms with van der Waals surface area (Å²) in [6.07, 6.45) is 0. The van der Waals surface area contributed by atoms with Crippen LogP contribution in [0, 0.1) is 0 Å². The molecule has 0 aliphatic heterocycles. The van der Waals surface area contributed by atoms with Crippen molar-refractivity contribution in [3.63, 3.8) is 0 Å². The molecule has 1 aromatic heterocycles. The molecule has 0 unspecified atom stereocenters. The summed E-state index contributed by atoms with van der Waals surface area (Å²) in [5.74, 6) is 0. The van der Waals surface area contributed by atoms with Crippen LogP contribution in [0.1, 0.15) is 0 Å². The highest BCUT2D eigenvalue weighted by Crippen LogP contribution is 2.50. The van der Waals surface area contributed by atoms with Crippen molar-refractivity contribution in [2.75, 3.05) is 9.80 Å². The Morgan fingerprint density at radius 2 is 0.633 bits per heavy atom. The van der Waals surface area contributed by atoms with Crippen molar-refractivity contribution in [2.45, 2.75) is 0 Å². The first-order valence-corrected chi connectivity index (χ1v) is 27.8. The third-order valence-electron chi connectivity index (χ3n) is 15.3. The van der Waals surface area contributed by atoms with Crippen molar-refractivity contribution in [1.29, 1.82) is 0 Å². The van der Waals surface area contributed by atoms with Crippen LogP contribution in [0.4, 0.5) is 34.1 Å². The maximum absolute atomic E-state index is 2.51. The minimum atomic E-state index is 1.05. The van der Waals surface area contributed by atoms with Crippen molar-refractivity contribution in [1.82, 2.24) is 0 Å². The monoisotopic (exact) mass is 1020 g/mol. The second-order valence-electron chi connectivity index (χ2n) is 20.0. The predicted octanol–water partition coefficient (Wildman–Crippen LogP) is 22.1. The number of hydrogen-bond acceptors (Lipinski definition) is 3. The van der Waals surface area contributed by atoms with Crippen molar-refractivity contribution in [3.8, 4) is 66.8 Å². The Balaban J connectivity index is 0.913. The molecule has 0 amide bonds. The Hall–Kier alpha value is -10.1. The topological polar surface area (TPSA) is 6.48 Å². The molecule has 14 rings (SSSR count). The van der Waals surface area contributed by atoms with Gasteiger partial charge in [0.25, 0.3) is 0 Å². The van der Waals surface area contributed by atoms with E-state index in [1.54, 1.807) is 0 Å². The SMILES string of the molecule is c1ccc(-c2ccc(-c3ccc(N(c4cccc(-c5ccc6ccccc6c5)c4)c4cccc(-c5ccccc5N(c5ccccc5-c5ccc(-c6ccccc6)cc5)c5cccc6sc7ccccc7c56)c4)cc3)cc2)cc1. The molecule has 0 aliphatic carbocycles. The summed E-state index contributed by atoms with van der Waals surface area (Å²) in [6, 6.07) is 115. The van der Waals surface area contributed by atoms with Gasteiger partial charge in [-0.2, -0.15) is 0 Å². The zero-order valence-electron chi connectivity index (χ0n) is 43.3. The molecule has 14 aromatic rings. The molecule has 0 atom stereocenters. The van der Waals surface area contributed by atoms with Crippen LogP contribution in [-0.2, 0) is 0 Å². The van der Waals surface area contributed by atoms with Crippen molar-refractivity contribution < 1.29 is 0 Å². The summed E-state index contributed by atoms with van der Waals surface area (Å²) in [7, 11) is 0. The molecule has 0 N–H and O–H groups in total. The Morgan fingerprint density at radius 1 is 0.215 bits per heavy atom. The van der Waals surface area contributed by atoms with Crippen LogP contribution in [-0.4, -0.2) is 0 Å². The van der Waals surface area contributed by atoms with E-state index in [4.69, 9.17) is 0 Å². The summed E-state index contributed by atoms with van der Waals surface area (Å²) in [6.45, 7) is 0. The van der Waals surface area contributed by atoms with Crippen LogP contribution >= 0.6 is 11.3 Å². The van der Waals surface area contributed by atoms with E-state index in [9.17, 15) is 0 Å². The number of benzene rings is 13. The molecular weight excluding hydrogens is 973 g/mol. The average molecular weight is 1030 g/mol. The third kappa shape index (κ3) is 9.23. The minimum absolute atomic E-state index is 1.05. The molecule has 3 heteroatoms. The molecule has 1 heterocycles. The molecule has 0 spiro atoms. The maximum Gasteiger partial charge on any atom is 0.0555 e. The van der Waals surface area contributed by atoms with Crippen LogP contribution < -0.4 is 9.80 Å². The lowest BCUT2D eigenvalue weighted by molar-refractivity contribution is 1.28. The Morgan fingerprint density at radius 3 is 1.28 bits per heavy atom. The Labute approximate surface area is 465 Å². The second-order valence-corrected chi connectivity index (χ2v) is 21.1. The first-order chi connectivity index (χ1) is 39.2. The van der Waals surface area contributed by atoms with Gasteiger partial charge >= 0.3 is 0 Å². The van der Waals surface area contributed by atoms with Crippen molar-refractivity contribution in [2.24, 2.45) is 0 Å². The molecule has 0 radical (unpaired) electrons. The van der Waals surface area contributed by atoms with Crippen LogP contribution in [0.2, 0.25) is 0 Å². The fourth-order valence-corrected chi connectivity index (χ4v) is 12.5. The van der Waals surface area contributed by atoms with Crippen LogP contribution in [0.25, 0.3) is 97.7 Å². The minimum Gasteiger partial charge on any atom is -0.310 e. The third-order valence-corrected chi connectivity index (χ3v) is 16.4. The fraction of sp³-hybridized carbons (Fsp3) is 0. The smallest absolute Gasteiger partial charge is 0.0555 e. The molecule has 0 aliphatic rings. The lowest BCUT2D eigenvalue weighted by atomic mass is 9.96. The maximum atomic E-state index is 2.51. The van der Waals surface area contributed by atoms with Crippen molar-refractivity contribution >= 4 is 76.4 Å². The number of anilines is 6. The van der Waals surface area contributed by atoms with Gasteiger partial charge in [-0.25, -0.2) is 0 Å². The average Bonchev–Trinajstić information content (AvgIpc) is 4.07. The van der Waals surface area contributed by atoms with Gasteiger partial charge in [0.15, 0.2) is 0 Å². The lowest BCUT2D eigenvalue weighted by Gasteiger charge is -2.31. The second kappa shape index (κ2) is 20.8. The van der Waals surface area contributed by atoms with E-state index in [-0.39, 0.29) is 0 Å². The molecule has 79 heavy (non-hydrogen) atoms. The van der Waals surface area contributed by atoms with Crippen LogP contribution in [0.3, 0.4) is 0 Å². The summed E-state index contributed by atoms with van der Waals surface area (Å²) >= 11 is 1.85. The van der Waals surface area contributed by atoms with Crippen LogP contribution in [0.5, 0.6) is 0 Å². The lowest BCUT2D eigenvalue weighted by Crippen LogP contribution is -2.13. The van der Waals surface area contributed by atoms with Gasteiger partial charge in [-0.05, 0) is 139 Å². The van der Waals surface area contributed by atoms with Gasteiger partial charge in [0.05, 0.1) is 17.1 Å². The van der Waals surface area contributed by atoms with Gasteiger partial charge in [-0.3, -0.25) is 0 Å². The molecular formula is C76H52N2S. The number of fused-ring (bicyclic) bond motifs is 4. The van der Waals surface area contributed by atoms with Gasteiger partial charge in [0.1, 0.15) is 0 Å². The first kappa shape index (κ1) is 47.4. The zero-order chi connectivity index (χ0) is 52.5. The zero-order valence-corrected chi connectivity index (χ0v) is 44.1.